The van der Waals surface area contributed by atoms with Crippen molar-refractivity contribution in [2.75, 3.05) is 44.6 Å². The average Bonchev–Trinajstić information content (AvgIpc) is 3.09. The van der Waals surface area contributed by atoms with Crippen molar-refractivity contribution in [3.8, 4) is 0 Å². The first-order valence-corrected chi connectivity index (χ1v) is 17.1. The van der Waals surface area contributed by atoms with E-state index in [1.54, 1.807) is 53.1 Å². The van der Waals surface area contributed by atoms with Crippen molar-refractivity contribution in [3.05, 3.63) is 100 Å². The van der Waals surface area contributed by atoms with E-state index >= 15 is 0 Å². The van der Waals surface area contributed by atoms with Crippen molar-refractivity contribution in [2.24, 2.45) is 5.92 Å². The van der Waals surface area contributed by atoms with Gasteiger partial charge in [-0.1, -0.05) is 19.9 Å². The molecule has 3 unspecified atom stereocenters. The molecule has 4 rings (SSSR count). The predicted molar refractivity (Wildman–Crippen MR) is 186 cm³/mol. The van der Waals surface area contributed by atoms with Crippen LogP contribution in [0.1, 0.15) is 81.7 Å². The number of aliphatic hydroxyl groups is 2. The number of benzene rings is 3. The number of carbonyl (C=O) groups excluding carboxylic acids is 3. The Kier molecular flexibility index (Phi) is 13.7. The van der Waals surface area contributed by atoms with Crippen LogP contribution in [0.25, 0.3) is 0 Å². The summed E-state index contributed by atoms with van der Waals surface area (Å²) in [6.45, 7) is 8.03. The summed E-state index contributed by atoms with van der Waals surface area (Å²) in [7, 11) is 0. The number of aliphatic hydroxyl groups excluding tert-OH is 2. The number of halogens is 2. The van der Waals surface area contributed by atoms with Gasteiger partial charge in [-0.15, -0.1) is 0 Å². The van der Waals surface area contributed by atoms with Crippen LogP contribution in [-0.4, -0.2) is 89.2 Å². The Morgan fingerprint density at radius 2 is 1.65 bits per heavy atom. The van der Waals surface area contributed by atoms with Gasteiger partial charge in [-0.05, 0) is 105 Å². The Hall–Kier alpha value is -4.35. The summed E-state index contributed by atoms with van der Waals surface area (Å²) in [4.78, 5) is 43.7. The van der Waals surface area contributed by atoms with Gasteiger partial charge in [0.15, 0.2) is 0 Å². The van der Waals surface area contributed by atoms with Crippen LogP contribution in [0.15, 0.2) is 60.7 Å². The third-order valence-electron chi connectivity index (χ3n) is 8.71. The highest BCUT2D eigenvalue weighted by Crippen LogP contribution is 2.21. The molecule has 1 fully saturated rings. The fourth-order valence-corrected chi connectivity index (χ4v) is 6.30. The minimum Gasteiger partial charge on any atom is -0.396 e. The number of anilines is 1. The molecule has 0 saturated carbocycles. The molecule has 1 aliphatic rings. The van der Waals surface area contributed by atoms with E-state index in [0.717, 1.165) is 43.9 Å². The normalized spacial score (nSPS) is 15.7. The van der Waals surface area contributed by atoms with Crippen LogP contribution in [-0.2, 0) is 6.42 Å². The molecular weight excluding hydrogens is 630 g/mol. The maximum absolute atomic E-state index is 14.1. The number of rotatable bonds is 15. The Morgan fingerprint density at radius 1 is 0.959 bits per heavy atom. The largest absolute Gasteiger partial charge is 0.396 e. The number of hydrogen-bond donors (Lipinski definition) is 4. The number of aryl methyl sites for hydroxylation is 1. The lowest BCUT2D eigenvalue weighted by atomic mass is 9.98. The van der Waals surface area contributed by atoms with Gasteiger partial charge in [-0.25, -0.2) is 8.78 Å². The first kappa shape index (κ1) is 37.5. The van der Waals surface area contributed by atoms with Crippen molar-refractivity contribution in [2.45, 2.75) is 65.0 Å². The smallest absolute Gasteiger partial charge is 0.253 e. The van der Waals surface area contributed by atoms with Crippen molar-refractivity contribution >= 4 is 23.4 Å². The van der Waals surface area contributed by atoms with E-state index in [2.05, 4.69) is 10.6 Å². The molecule has 0 aliphatic carbocycles. The van der Waals surface area contributed by atoms with Crippen LogP contribution < -0.4 is 10.6 Å². The molecule has 1 aliphatic heterocycles. The van der Waals surface area contributed by atoms with Gasteiger partial charge in [0.05, 0.1) is 12.1 Å². The second-order valence-electron chi connectivity index (χ2n) is 12.9. The zero-order valence-electron chi connectivity index (χ0n) is 28.6. The number of piperidine rings is 1. The standard InChI is InChI=1S/C38H48F2N4O5/c1-4-11-43(12-5-2)38(49)30-15-25(3)14-29(19-30)36(47)42-34(18-27-16-31(39)21-32(40)17-27)35(46)22-41-33-10-6-9-28(20-33)37(48)44-13-7-8-26(23-44)24-45/h6,9-10,14-17,19-21,26,34-35,41,45-46H,4-5,7-8,11-13,18,22-24H2,1-3H3,(H,42,47). The van der Waals surface area contributed by atoms with E-state index < -0.39 is 29.7 Å². The van der Waals surface area contributed by atoms with Gasteiger partial charge in [-0.2, -0.15) is 0 Å². The molecule has 0 spiro atoms. The fourth-order valence-electron chi connectivity index (χ4n) is 6.30. The summed E-state index contributed by atoms with van der Waals surface area (Å²) in [5.41, 5.74) is 2.57. The number of amides is 3. The maximum Gasteiger partial charge on any atom is 0.253 e. The lowest BCUT2D eigenvalue weighted by Crippen LogP contribution is -2.47. The number of carbonyl (C=O) groups is 3. The number of nitrogens with zero attached hydrogens (tertiary/aromatic N) is 2. The van der Waals surface area contributed by atoms with E-state index in [0.29, 0.717) is 48.6 Å². The number of likely N-dealkylation sites (tertiary alicyclic amines) is 1. The number of nitrogens with one attached hydrogen (secondary N) is 2. The van der Waals surface area contributed by atoms with Crippen LogP contribution in [0.5, 0.6) is 0 Å². The molecule has 9 nitrogen and oxygen atoms in total. The van der Waals surface area contributed by atoms with Gasteiger partial charge in [0.25, 0.3) is 17.7 Å². The molecule has 3 atom stereocenters. The van der Waals surface area contributed by atoms with Crippen molar-refractivity contribution < 1.29 is 33.4 Å². The molecule has 1 heterocycles. The summed E-state index contributed by atoms with van der Waals surface area (Å²) in [5.74, 6) is -2.38. The van der Waals surface area contributed by atoms with Crippen molar-refractivity contribution in [3.63, 3.8) is 0 Å². The molecule has 49 heavy (non-hydrogen) atoms. The minimum atomic E-state index is -1.22. The van der Waals surface area contributed by atoms with Gasteiger partial charge in [0, 0.05) is 67.8 Å². The van der Waals surface area contributed by atoms with Crippen LogP contribution in [0, 0.1) is 24.5 Å². The summed E-state index contributed by atoms with van der Waals surface area (Å²) in [6.07, 6.45) is 1.98. The summed E-state index contributed by atoms with van der Waals surface area (Å²) < 4.78 is 28.2. The SMILES string of the molecule is CCCN(CCC)C(=O)c1cc(C)cc(C(=O)NC(Cc2cc(F)cc(F)c2)C(O)CNc2cccc(C(=O)N3CCCC(CO)C3)c2)c1. The van der Waals surface area contributed by atoms with E-state index in [1.165, 1.54) is 6.07 Å². The third-order valence-corrected chi connectivity index (χ3v) is 8.71. The van der Waals surface area contributed by atoms with Gasteiger partial charge >= 0.3 is 0 Å². The summed E-state index contributed by atoms with van der Waals surface area (Å²) >= 11 is 0. The zero-order valence-corrected chi connectivity index (χ0v) is 28.6. The van der Waals surface area contributed by atoms with Crippen LogP contribution in [0.3, 0.4) is 0 Å². The van der Waals surface area contributed by atoms with E-state index in [4.69, 9.17) is 0 Å². The Bertz CT molecular complexity index is 1580. The summed E-state index contributed by atoms with van der Waals surface area (Å²) in [6, 6.07) is 13.8. The molecule has 0 aromatic heterocycles. The molecule has 264 valence electrons. The Labute approximate surface area is 287 Å². The Morgan fingerprint density at radius 3 is 2.33 bits per heavy atom. The highest BCUT2D eigenvalue weighted by Gasteiger charge is 2.26. The van der Waals surface area contributed by atoms with E-state index in [1.807, 2.05) is 13.8 Å². The topological polar surface area (TPSA) is 122 Å². The molecule has 11 heteroatoms. The van der Waals surface area contributed by atoms with Crippen LogP contribution in [0.2, 0.25) is 0 Å². The molecule has 0 bridgehead atoms. The minimum absolute atomic E-state index is 0.0307. The predicted octanol–water partition coefficient (Wildman–Crippen LogP) is 5.19. The maximum atomic E-state index is 14.1. The zero-order chi connectivity index (χ0) is 35.5. The number of hydrogen-bond acceptors (Lipinski definition) is 6. The van der Waals surface area contributed by atoms with Crippen molar-refractivity contribution in [1.29, 1.82) is 0 Å². The quantitative estimate of drug-likeness (QED) is 0.176. The Balaban J connectivity index is 1.52. The second-order valence-corrected chi connectivity index (χ2v) is 12.9. The fraction of sp³-hybridized carbons (Fsp3) is 0.447. The molecule has 4 N–H and O–H groups in total. The molecule has 3 aromatic carbocycles. The van der Waals surface area contributed by atoms with Crippen molar-refractivity contribution in [1.82, 2.24) is 15.1 Å². The lowest BCUT2D eigenvalue weighted by molar-refractivity contribution is 0.0620. The van der Waals surface area contributed by atoms with E-state index in [9.17, 15) is 33.4 Å². The molecule has 3 aromatic rings. The molecule has 3 amide bonds. The average molecular weight is 679 g/mol. The highest BCUT2D eigenvalue weighted by molar-refractivity contribution is 6.00. The third kappa shape index (κ3) is 10.6. The molecular formula is C38H48F2N4O5. The van der Waals surface area contributed by atoms with Gasteiger partial charge in [0.2, 0.25) is 0 Å². The first-order valence-electron chi connectivity index (χ1n) is 17.1. The van der Waals surface area contributed by atoms with Gasteiger partial charge in [0.1, 0.15) is 11.6 Å². The lowest BCUT2D eigenvalue weighted by Gasteiger charge is -2.32. The molecule has 0 radical (unpaired) electrons. The van der Waals surface area contributed by atoms with E-state index in [-0.39, 0.29) is 48.4 Å². The summed E-state index contributed by atoms with van der Waals surface area (Å²) in [5, 5.41) is 26.9. The second kappa shape index (κ2) is 17.9. The highest BCUT2D eigenvalue weighted by atomic mass is 19.1. The molecule has 1 saturated heterocycles. The van der Waals surface area contributed by atoms with Crippen LogP contribution in [0.4, 0.5) is 14.5 Å². The first-order chi connectivity index (χ1) is 23.5. The van der Waals surface area contributed by atoms with Gasteiger partial charge < -0.3 is 30.6 Å². The van der Waals surface area contributed by atoms with Gasteiger partial charge in [-0.3, -0.25) is 14.4 Å². The monoisotopic (exact) mass is 678 g/mol. The van der Waals surface area contributed by atoms with Crippen LogP contribution >= 0.6 is 0 Å².